The van der Waals surface area contributed by atoms with Crippen LogP contribution in [0.5, 0.6) is 0 Å². The average Bonchev–Trinajstić information content (AvgIpc) is 2.72. The van der Waals surface area contributed by atoms with E-state index in [1.807, 2.05) is 19.9 Å². The van der Waals surface area contributed by atoms with E-state index in [0.29, 0.717) is 43.9 Å². The zero-order chi connectivity index (χ0) is 22.6. The first kappa shape index (κ1) is 23.0. The molecule has 0 spiro atoms. The minimum absolute atomic E-state index is 0.0498. The molecule has 0 aliphatic carbocycles. The summed E-state index contributed by atoms with van der Waals surface area (Å²) in [5, 5.41) is 0. The number of amides is 1. The highest BCUT2D eigenvalue weighted by atomic mass is 32.2. The van der Waals surface area contributed by atoms with Crippen LogP contribution in [-0.2, 0) is 10.0 Å². The third-order valence-corrected chi connectivity index (χ3v) is 6.61. The van der Waals surface area contributed by atoms with Crippen molar-refractivity contribution in [3.63, 3.8) is 0 Å². The number of carbonyl (C=O) groups is 1. The molecular weight excluding hydrogens is 414 g/mol. The summed E-state index contributed by atoms with van der Waals surface area (Å²) in [6.07, 6.45) is 0.531. The molecule has 1 saturated heterocycles. The van der Waals surface area contributed by atoms with Crippen molar-refractivity contribution in [2.75, 3.05) is 41.6 Å². The Bertz CT molecular complexity index is 1030. The van der Waals surface area contributed by atoms with Gasteiger partial charge < -0.3 is 9.80 Å². The van der Waals surface area contributed by atoms with E-state index in [9.17, 15) is 13.2 Å². The maximum absolute atomic E-state index is 13.0. The fraction of sp³-hybridized carbons (Fsp3) is 0.500. The van der Waals surface area contributed by atoms with E-state index in [1.54, 1.807) is 29.2 Å². The number of sulfonamides is 1. The number of anilines is 2. The van der Waals surface area contributed by atoms with E-state index in [-0.39, 0.29) is 17.6 Å². The average molecular weight is 446 g/mol. The van der Waals surface area contributed by atoms with Gasteiger partial charge in [-0.2, -0.15) is 0 Å². The standard InChI is InChI=1S/C22H31N5O3S/c1-5-13-31(29,30)25-19-8-6-7-18(15-19)22(28)27-11-9-26(10-12-27)20-14-17(4)23-21(24-20)16(2)3/h6-8,14-16,25H,5,9-13H2,1-4H3. The molecule has 168 valence electrons. The second-order valence-corrected chi connectivity index (χ2v) is 10.0. The van der Waals surface area contributed by atoms with E-state index in [1.165, 1.54) is 0 Å². The number of benzene rings is 1. The zero-order valence-electron chi connectivity index (χ0n) is 18.6. The van der Waals surface area contributed by atoms with Crippen molar-refractivity contribution < 1.29 is 13.2 Å². The molecule has 0 unspecified atom stereocenters. The van der Waals surface area contributed by atoms with Crippen molar-refractivity contribution in [1.82, 2.24) is 14.9 Å². The zero-order valence-corrected chi connectivity index (χ0v) is 19.4. The van der Waals surface area contributed by atoms with Crippen LogP contribution in [0.15, 0.2) is 30.3 Å². The maximum Gasteiger partial charge on any atom is 0.254 e. The number of carbonyl (C=O) groups excluding carboxylic acids is 1. The van der Waals surface area contributed by atoms with E-state index in [0.717, 1.165) is 17.3 Å². The van der Waals surface area contributed by atoms with Gasteiger partial charge in [0.15, 0.2) is 0 Å². The van der Waals surface area contributed by atoms with Gasteiger partial charge in [-0.05, 0) is 31.5 Å². The van der Waals surface area contributed by atoms with Gasteiger partial charge >= 0.3 is 0 Å². The topological polar surface area (TPSA) is 95.5 Å². The third-order valence-electron chi connectivity index (χ3n) is 5.12. The number of aryl methyl sites for hydroxylation is 1. The van der Waals surface area contributed by atoms with Crippen molar-refractivity contribution >= 4 is 27.4 Å². The van der Waals surface area contributed by atoms with Crippen molar-refractivity contribution in [2.24, 2.45) is 0 Å². The Labute approximate surface area is 184 Å². The summed E-state index contributed by atoms with van der Waals surface area (Å²) in [6, 6.07) is 8.66. The molecule has 1 N–H and O–H groups in total. The molecule has 1 fully saturated rings. The van der Waals surface area contributed by atoms with Crippen LogP contribution in [0.3, 0.4) is 0 Å². The summed E-state index contributed by atoms with van der Waals surface area (Å²) in [5.41, 5.74) is 1.83. The first-order valence-electron chi connectivity index (χ1n) is 10.7. The molecular formula is C22H31N5O3S. The van der Waals surface area contributed by atoms with Crippen LogP contribution in [0.4, 0.5) is 11.5 Å². The lowest BCUT2D eigenvalue weighted by Crippen LogP contribution is -2.49. The van der Waals surface area contributed by atoms with Gasteiger partial charge in [0, 0.05) is 55.1 Å². The van der Waals surface area contributed by atoms with Gasteiger partial charge in [-0.1, -0.05) is 26.8 Å². The second-order valence-electron chi connectivity index (χ2n) is 8.16. The van der Waals surface area contributed by atoms with Crippen LogP contribution in [0, 0.1) is 6.92 Å². The lowest BCUT2D eigenvalue weighted by atomic mass is 10.1. The Kier molecular flexibility index (Phi) is 7.15. The molecule has 0 bridgehead atoms. The molecule has 2 heterocycles. The third kappa shape index (κ3) is 5.94. The number of nitrogens with one attached hydrogen (secondary N) is 1. The van der Waals surface area contributed by atoms with Gasteiger partial charge in [0.25, 0.3) is 5.91 Å². The van der Waals surface area contributed by atoms with E-state index >= 15 is 0 Å². The summed E-state index contributed by atoms with van der Waals surface area (Å²) in [7, 11) is -3.40. The Morgan fingerprint density at radius 3 is 2.48 bits per heavy atom. The van der Waals surface area contributed by atoms with E-state index < -0.39 is 10.0 Å². The van der Waals surface area contributed by atoms with Gasteiger partial charge in [0.05, 0.1) is 5.75 Å². The quantitative estimate of drug-likeness (QED) is 0.704. The normalized spacial score (nSPS) is 14.7. The van der Waals surface area contributed by atoms with Gasteiger partial charge in [0.1, 0.15) is 11.6 Å². The SMILES string of the molecule is CCCS(=O)(=O)Nc1cccc(C(=O)N2CCN(c3cc(C)nc(C(C)C)n3)CC2)c1. The molecule has 1 amide bonds. The highest BCUT2D eigenvalue weighted by molar-refractivity contribution is 7.92. The Morgan fingerprint density at radius 2 is 1.84 bits per heavy atom. The lowest BCUT2D eigenvalue weighted by molar-refractivity contribution is 0.0746. The maximum atomic E-state index is 13.0. The molecule has 0 saturated carbocycles. The van der Waals surface area contributed by atoms with Crippen LogP contribution < -0.4 is 9.62 Å². The minimum atomic E-state index is -3.40. The predicted molar refractivity (Wildman–Crippen MR) is 123 cm³/mol. The second kappa shape index (κ2) is 9.64. The summed E-state index contributed by atoms with van der Waals surface area (Å²) in [5.74, 6) is 1.93. The lowest BCUT2D eigenvalue weighted by Gasteiger charge is -2.35. The van der Waals surface area contributed by atoms with Gasteiger partial charge in [-0.3, -0.25) is 9.52 Å². The molecule has 0 atom stereocenters. The largest absolute Gasteiger partial charge is 0.353 e. The molecule has 0 radical (unpaired) electrons. The van der Waals surface area contributed by atoms with Crippen LogP contribution in [0.2, 0.25) is 0 Å². The summed E-state index contributed by atoms with van der Waals surface area (Å²) in [6.45, 7) is 10.4. The first-order chi connectivity index (χ1) is 14.7. The van der Waals surface area contributed by atoms with Crippen LogP contribution in [0.25, 0.3) is 0 Å². The number of piperazine rings is 1. The Hall–Kier alpha value is -2.68. The smallest absolute Gasteiger partial charge is 0.254 e. The molecule has 3 rings (SSSR count). The fourth-order valence-electron chi connectivity index (χ4n) is 3.53. The summed E-state index contributed by atoms with van der Waals surface area (Å²) < 4.78 is 26.6. The highest BCUT2D eigenvalue weighted by Crippen LogP contribution is 2.20. The molecule has 1 aromatic heterocycles. The highest BCUT2D eigenvalue weighted by Gasteiger charge is 2.24. The number of hydrogen-bond donors (Lipinski definition) is 1. The van der Waals surface area contributed by atoms with E-state index in [4.69, 9.17) is 4.98 Å². The Morgan fingerprint density at radius 1 is 1.13 bits per heavy atom. The predicted octanol–water partition coefficient (Wildman–Crippen LogP) is 3.02. The molecule has 1 aromatic carbocycles. The van der Waals surface area contributed by atoms with Crippen molar-refractivity contribution in [3.05, 3.63) is 47.4 Å². The summed E-state index contributed by atoms with van der Waals surface area (Å²) in [4.78, 5) is 26.2. The van der Waals surface area contributed by atoms with Gasteiger partial charge in [0.2, 0.25) is 10.0 Å². The monoisotopic (exact) mass is 445 g/mol. The van der Waals surface area contributed by atoms with Crippen LogP contribution >= 0.6 is 0 Å². The molecule has 2 aromatic rings. The number of aromatic nitrogens is 2. The number of nitrogens with zero attached hydrogens (tertiary/aromatic N) is 4. The van der Waals surface area contributed by atoms with Crippen molar-refractivity contribution in [1.29, 1.82) is 0 Å². The molecule has 1 aliphatic heterocycles. The van der Waals surface area contributed by atoms with Gasteiger partial charge in [-0.25, -0.2) is 18.4 Å². The number of rotatable bonds is 7. The minimum Gasteiger partial charge on any atom is -0.353 e. The molecule has 31 heavy (non-hydrogen) atoms. The molecule has 9 heteroatoms. The van der Waals surface area contributed by atoms with Crippen molar-refractivity contribution in [3.8, 4) is 0 Å². The van der Waals surface area contributed by atoms with E-state index in [2.05, 4.69) is 28.5 Å². The first-order valence-corrected chi connectivity index (χ1v) is 12.3. The van der Waals surface area contributed by atoms with Crippen molar-refractivity contribution in [2.45, 2.75) is 40.0 Å². The van der Waals surface area contributed by atoms with Crippen LogP contribution in [0.1, 0.15) is 55.0 Å². The van der Waals surface area contributed by atoms with Crippen LogP contribution in [-0.4, -0.2) is 61.1 Å². The number of hydrogen-bond acceptors (Lipinski definition) is 6. The fourth-order valence-corrected chi connectivity index (χ4v) is 4.66. The summed E-state index contributed by atoms with van der Waals surface area (Å²) >= 11 is 0. The Balaban J connectivity index is 1.66. The molecule has 1 aliphatic rings. The van der Waals surface area contributed by atoms with Gasteiger partial charge in [-0.15, -0.1) is 0 Å². The molecule has 8 nitrogen and oxygen atoms in total.